The predicted molar refractivity (Wildman–Crippen MR) is 39.5 cm³/mol. The molecule has 0 saturated carbocycles. The quantitative estimate of drug-likeness (QED) is 0.537. The Morgan fingerprint density at radius 1 is 1.80 bits per heavy atom. The number of carbonyl (C=O) groups excluding carboxylic acids is 1. The fourth-order valence-corrected chi connectivity index (χ4v) is 0.975. The van der Waals surface area contributed by atoms with Crippen LogP contribution in [0, 0.1) is 0 Å². The molecule has 1 saturated heterocycles. The van der Waals surface area contributed by atoms with Crippen LogP contribution in [0.5, 0.6) is 0 Å². The van der Waals surface area contributed by atoms with Crippen LogP contribution in [0.3, 0.4) is 0 Å². The standard InChI is InChI=1S/C8H11NO/c1-2-3-4-7-5-6-8(10)9-7/h2,4,7H,5-6H2,1H3,(H,9,10). The Morgan fingerprint density at radius 2 is 2.60 bits per heavy atom. The molecule has 0 aliphatic carbocycles. The Labute approximate surface area is 60.6 Å². The van der Waals surface area contributed by atoms with E-state index in [9.17, 15) is 4.79 Å². The van der Waals surface area contributed by atoms with Gasteiger partial charge < -0.3 is 5.32 Å². The van der Waals surface area contributed by atoms with E-state index in [4.69, 9.17) is 0 Å². The maximum Gasteiger partial charge on any atom is 0.220 e. The minimum atomic E-state index is 0.152. The van der Waals surface area contributed by atoms with E-state index in [0.717, 1.165) is 6.42 Å². The maximum absolute atomic E-state index is 10.6. The third-order valence-corrected chi connectivity index (χ3v) is 1.49. The molecule has 1 amide bonds. The largest absolute Gasteiger partial charge is 0.349 e. The zero-order valence-corrected chi connectivity index (χ0v) is 6.05. The van der Waals surface area contributed by atoms with Gasteiger partial charge in [0.15, 0.2) is 0 Å². The number of carbonyl (C=O) groups is 1. The summed E-state index contributed by atoms with van der Waals surface area (Å²) in [5.41, 5.74) is 2.95. The average molecular weight is 137 g/mol. The Bertz CT molecular complexity index is 189. The van der Waals surface area contributed by atoms with Gasteiger partial charge in [0.05, 0.1) is 6.04 Å². The maximum atomic E-state index is 10.6. The molecule has 1 fully saturated rings. The van der Waals surface area contributed by atoms with Crippen molar-refractivity contribution in [3.63, 3.8) is 0 Å². The number of rotatable bonds is 1. The third-order valence-electron chi connectivity index (χ3n) is 1.49. The Hall–Kier alpha value is -1.01. The van der Waals surface area contributed by atoms with Gasteiger partial charge in [0, 0.05) is 6.42 Å². The normalized spacial score (nSPS) is 23.3. The van der Waals surface area contributed by atoms with Gasteiger partial charge in [0.1, 0.15) is 0 Å². The van der Waals surface area contributed by atoms with Crippen molar-refractivity contribution in [2.45, 2.75) is 25.8 Å². The van der Waals surface area contributed by atoms with E-state index >= 15 is 0 Å². The molecule has 1 atom stereocenters. The lowest BCUT2D eigenvalue weighted by atomic mass is 10.2. The van der Waals surface area contributed by atoms with Gasteiger partial charge in [-0.25, -0.2) is 0 Å². The first-order chi connectivity index (χ1) is 4.83. The van der Waals surface area contributed by atoms with Gasteiger partial charge in [-0.1, -0.05) is 0 Å². The summed E-state index contributed by atoms with van der Waals surface area (Å²) < 4.78 is 0. The predicted octanol–water partition coefficient (Wildman–Crippen LogP) is 0.996. The molecular formula is C8H11NO. The van der Waals surface area contributed by atoms with Crippen molar-refractivity contribution in [1.29, 1.82) is 0 Å². The second-order valence-electron chi connectivity index (χ2n) is 2.33. The van der Waals surface area contributed by atoms with Crippen molar-refractivity contribution in [2.75, 3.05) is 0 Å². The highest BCUT2D eigenvalue weighted by Gasteiger charge is 2.17. The molecule has 0 aromatic heterocycles. The van der Waals surface area contributed by atoms with Crippen LogP contribution in [0.25, 0.3) is 0 Å². The highest BCUT2D eigenvalue weighted by Crippen LogP contribution is 2.06. The number of amides is 1. The molecule has 1 rings (SSSR count). The molecule has 1 unspecified atom stereocenters. The fourth-order valence-electron chi connectivity index (χ4n) is 0.975. The molecule has 1 N–H and O–H groups in total. The van der Waals surface area contributed by atoms with Crippen LogP contribution in [0.2, 0.25) is 0 Å². The minimum Gasteiger partial charge on any atom is -0.349 e. The van der Waals surface area contributed by atoms with Gasteiger partial charge >= 0.3 is 0 Å². The van der Waals surface area contributed by atoms with Crippen LogP contribution in [0.1, 0.15) is 19.8 Å². The van der Waals surface area contributed by atoms with Gasteiger partial charge in [-0.15, -0.1) is 5.73 Å². The molecule has 1 heterocycles. The lowest BCUT2D eigenvalue weighted by molar-refractivity contribution is -0.119. The van der Waals surface area contributed by atoms with E-state index in [0.29, 0.717) is 6.42 Å². The number of hydrogen-bond donors (Lipinski definition) is 1. The molecule has 0 aromatic rings. The van der Waals surface area contributed by atoms with E-state index in [-0.39, 0.29) is 11.9 Å². The van der Waals surface area contributed by atoms with E-state index < -0.39 is 0 Å². The van der Waals surface area contributed by atoms with E-state index in [1.54, 1.807) is 0 Å². The van der Waals surface area contributed by atoms with Crippen molar-refractivity contribution < 1.29 is 4.79 Å². The van der Waals surface area contributed by atoms with E-state index in [2.05, 4.69) is 11.0 Å². The van der Waals surface area contributed by atoms with Gasteiger partial charge in [-0.2, -0.15) is 0 Å². The average Bonchev–Trinajstić information content (AvgIpc) is 2.31. The first-order valence-electron chi connectivity index (χ1n) is 3.49. The third kappa shape index (κ3) is 1.74. The zero-order chi connectivity index (χ0) is 7.40. The molecular weight excluding hydrogens is 126 g/mol. The minimum absolute atomic E-state index is 0.152. The number of hydrogen-bond acceptors (Lipinski definition) is 1. The molecule has 1 aliphatic rings. The Kier molecular flexibility index (Phi) is 2.30. The molecule has 1 aliphatic heterocycles. The Balaban J connectivity index is 2.45. The molecule has 2 nitrogen and oxygen atoms in total. The molecule has 0 aromatic carbocycles. The smallest absolute Gasteiger partial charge is 0.220 e. The van der Waals surface area contributed by atoms with Gasteiger partial charge in [0.25, 0.3) is 0 Å². The second-order valence-corrected chi connectivity index (χ2v) is 2.33. The summed E-state index contributed by atoms with van der Waals surface area (Å²) in [7, 11) is 0. The van der Waals surface area contributed by atoms with Crippen molar-refractivity contribution in [1.82, 2.24) is 5.32 Å². The van der Waals surface area contributed by atoms with Crippen LogP contribution in [-0.2, 0) is 4.79 Å². The lowest BCUT2D eigenvalue weighted by Gasteiger charge is -1.98. The topological polar surface area (TPSA) is 29.1 Å². The van der Waals surface area contributed by atoms with Crippen molar-refractivity contribution in [3.05, 3.63) is 17.9 Å². The van der Waals surface area contributed by atoms with Crippen LogP contribution < -0.4 is 5.32 Å². The summed E-state index contributed by atoms with van der Waals surface area (Å²) in [5.74, 6) is 0.152. The van der Waals surface area contributed by atoms with Crippen molar-refractivity contribution in [3.8, 4) is 0 Å². The molecule has 54 valence electrons. The summed E-state index contributed by atoms with van der Waals surface area (Å²) in [5, 5.41) is 2.81. The van der Waals surface area contributed by atoms with Crippen LogP contribution in [0.15, 0.2) is 17.9 Å². The molecule has 0 spiro atoms. The highest BCUT2D eigenvalue weighted by molar-refractivity contribution is 5.78. The second kappa shape index (κ2) is 3.23. The summed E-state index contributed by atoms with van der Waals surface area (Å²) in [4.78, 5) is 10.6. The van der Waals surface area contributed by atoms with E-state index in [1.165, 1.54) is 0 Å². The zero-order valence-electron chi connectivity index (χ0n) is 6.05. The highest BCUT2D eigenvalue weighted by atomic mass is 16.1. The van der Waals surface area contributed by atoms with Crippen molar-refractivity contribution >= 4 is 5.91 Å². The van der Waals surface area contributed by atoms with Crippen LogP contribution in [-0.4, -0.2) is 11.9 Å². The molecule has 10 heavy (non-hydrogen) atoms. The van der Waals surface area contributed by atoms with Crippen LogP contribution >= 0.6 is 0 Å². The summed E-state index contributed by atoms with van der Waals surface area (Å²) in [6, 6.07) is 0.226. The summed E-state index contributed by atoms with van der Waals surface area (Å²) in [6.07, 6.45) is 5.31. The Morgan fingerprint density at radius 3 is 3.10 bits per heavy atom. The van der Waals surface area contributed by atoms with Gasteiger partial charge in [0.2, 0.25) is 5.91 Å². The lowest BCUT2D eigenvalue weighted by Crippen LogP contribution is -2.22. The first kappa shape index (κ1) is 7.10. The molecule has 0 bridgehead atoms. The van der Waals surface area contributed by atoms with Crippen LogP contribution in [0.4, 0.5) is 0 Å². The summed E-state index contributed by atoms with van der Waals surface area (Å²) in [6.45, 7) is 1.91. The van der Waals surface area contributed by atoms with Crippen molar-refractivity contribution in [2.24, 2.45) is 0 Å². The molecule has 2 heteroatoms. The molecule has 0 radical (unpaired) electrons. The van der Waals surface area contributed by atoms with Gasteiger partial charge in [-0.05, 0) is 25.5 Å². The fraction of sp³-hybridized carbons (Fsp3) is 0.500. The number of nitrogens with one attached hydrogen (secondary N) is 1. The summed E-state index contributed by atoms with van der Waals surface area (Å²) >= 11 is 0. The first-order valence-corrected chi connectivity index (χ1v) is 3.49. The van der Waals surface area contributed by atoms with Gasteiger partial charge in [-0.3, -0.25) is 4.79 Å². The van der Waals surface area contributed by atoms with E-state index in [1.807, 2.05) is 19.1 Å². The monoisotopic (exact) mass is 137 g/mol. The SMILES string of the molecule is CC=C=CC1CCC(=O)N1.